The molecular weight excluding hydrogens is 294 g/mol. The third kappa shape index (κ3) is 6.77. The van der Waals surface area contributed by atoms with Gasteiger partial charge in [-0.1, -0.05) is 25.0 Å². The molecule has 1 rings (SSSR count). The zero-order valence-corrected chi connectivity index (χ0v) is 14.4. The van der Waals surface area contributed by atoms with E-state index >= 15 is 0 Å². The van der Waals surface area contributed by atoms with Crippen molar-refractivity contribution in [3.05, 3.63) is 24.3 Å². The van der Waals surface area contributed by atoms with Crippen LogP contribution in [0.4, 0.5) is 0 Å². The van der Waals surface area contributed by atoms with E-state index in [2.05, 4.69) is 34.5 Å². The van der Waals surface area contributed by atoms with E-state index in [1.165, 1.54) is 0 Å². The number of nitrogens with zero attached hydrogens (tertiary/aromatic N) is 1. The Balaban J connectivity index is 2.47. The van der Waals surface area contributed by atoms with Crippen molar-refractivity contribution in [3.8, 4) is 18.1 Å². The summed E-state index contributed by atoms with van der Waals surface area (Å²) in [6.07, 6.45) is 5.26. The summed E-state index contributed by atoms with van der Waals surface area (Å²) in [7, 11) is 1.70. The fourth-order valence-electron chi connectivity index (χ4n) is 1.75. The van der Waals surface area contributed by atoms with Crippen LogP contribution in [-0.2, 0) is 0 Å². The number of para-hydroxylation sites is 1. The van der Waals surface area contributed by atoms with Crippen molar-refractivity contribution in [3.63, 3.8) is 0 Å². The Morgan fingerprint density at radius 3 is 2.86 bits per heavy atom. The quantitative estimate of drug-likeness (QED) is 0.335. The first-order valence-electron chi connectivity index (χ1n) is 7.42. The highest BCUT2D eigenvalue weighted by atomic mass is 32.2. The van der Waals surface area contributed by atoms with E-state index in [1.807, 2.05) is 25.1 Å². The van der Waals surface area contributed by atoms with Gasteiger partial charge in [0.25, 0.3) is 0 Å². The molecule has 5 heteroatoms. The number of methoxy groups -OCH3 is 1. The summed E-state index contributed by atoms with van der Waals surface area (Å²) in [5, 5.41) is 6.28. The fourth-order valence-corrected chi connectivity index (χ4v) is 2.78. The largest absolute Gasteiger partial charge is 0.496 e. The summed E-state index contributed by atoms with van der Waals surface area (Å²) in [6.45, 7) is 6.28. The van der Waals surface area contributed by atoms with Crippen LogP contribution in [0.5, 0.6) is 5.75 Å². The van der Waals surface area contributed by atoms with Gasteiger partial charge in [-0.2, -0.15) is 0 Å². The van der Waals surface area contributed by atoms with Crippen molar-refractivity contribution < 1.29 is 4.74 Å². The van der Waals surface area contributed by atoms with Crippen LogP contribution in [0.3, 0.4) is 0 Å². The van der Waals surface area contributed by atoms with Crippen molar-refractivity contribution in [2.75, 3.05) is 32.5 Å². The smallest absolute Gasteiger partial charge is 0.192 e. The highest BCUT2D eigenvalue weighted by molar-refractivity contribution is 7.99. The lowest BCUT2D eigenvalue weighted by Crippen LogP contribution is -2.37. The molecule has 0 spiro atoms. The SMILES string of the molecule is C#CCNC(=NCC(C)CSc1ccccc1OC)NCC. The second-order valence-corrected chi connectivity index (χ2v) is 5.91. The van der Waals surface area contributed by atoms with Gasteiger partial charge in [-0.3, -0.25) is 4.99 Å². The maximum Gasteiger partial charge on any atom is 0.192 e. The molecule has 0 saturated carbocycles. The average Bonchev–Trinajstić information content (AvgIpc) is 2.55. The van der Waals surface area contributed by atoms with E-state index < -0.39 is 0 Å². The number of benzene rings is 1. The van der Waals surface area contributed by atoms with Gasteiger partial charge in [-0.05, 0) is 25.0 Å². The molecule has 0 aliphatic rings. The van der Waals surface area contributed by atoms with Crippen LogP contribution in [0.15, 0.2) is 34.2 Å². The Morgan fingerprint density at radius 1 is 1.41 bits per heavy atom. The maximum absolute atomic E-state index is 5.36. The average molecular weight is 319 g/mol. The molecule has 0 fully saturated rings. The molecule has 1 aromatic rings. The molecule has 0 heterocycles. The topological polar surface area (TPSA) is 45.7 Å². The van der Waals surface area contributed by atoms with Crippen molar-refractivity contribution in [1.29, 1.82) is 0 Å². The normalized spacial score (nSPS) is 12.4. The van der Waals surface area contributed by atoms with Gasteiger partial charge < -0.3 is 15.4 Å². The minimum absolute atomic E-state index is 0.455. The Kier molecular flexibility index (Phi) is 9.01. The lowest BCUT2D eigenvalue weighted by molar-refractivity contribution is 0.405. The summed E-state index contributed by atoms with van der Waals surface area (Å²) in [5.41, 5.74) is 0. The van der Waals surface area contributed by atoms with E-state index in [9.17, 15) is 0 Å². The standard InChI is InChI=1S/C17H25N3OS/c1-5-11-19-17(18-6-2)20-12-14(3)13-22-16-10-8-7-9-15(16)21-4/h1,7-10,14H,6,11-13H2,2-4H3,(H2,18,19,20). The number of rotatable bonds is 8. The molecule has 0 aliphatic carbocycles. The van der Waals surface area contributed by atoms with Gasteiger partial charge in [0.2, 0.25) is 0 Å². The van der Waals surface area contributed by atoms with E-state index in [0.29, 0.717) is 12.5 Å². The first-order valence-corrected chi connectivity index (χ1v) is 8.41. The lowest BCUT2D eigenvalue weighted by Gasteiger charge is -2.13. The second-order valence-electron chi connectivity index (χ2n) is 4.84. The summed E-state index contributed by atoms with van der Waals surface area (Å²) < 4.78 is 5.36. The third-order valence-corrected chi connectivity index (χ3v) is 4.24. The van der Waals surface area contributed by atoms with Crippen LogP contribution in [0.2, 0.25) is 0 Å². The number of guanidine groups is 1. The molecule has 2 N–H and O–H groups in total. The highest BCUT2D eigenvalue weighted by Crippen LogP contribution is 2.29. The molecule has 22 heavy (non-hydrogen) atoms. The molecule has 0 aliphatic heterocycles. The van der Waals surface area contributed by atoms with Gasteiger partial charge in [0.1, 0.15) is 5.75 Å². The molecule has 0 amide bonds. The Labute approximate surface area is 138 Å². The molecule has 0 bridgehead atoms. The number of aliphatic imine (C=N–C) groups is 1. The van der Waals surface area contributed by atoms with Gasteiger partial charge >= 0.3 is 0 Å². The van der Waals surface area contributed by atoms with Crippen molar-refractivity contribution >= 4 is 17.7 Å². The van der Waals surface area contributed by atoms with Crippen LogP contribution in [0.1, 0.15) is 13.8 Å². The van der Waals surface area contributed by atoms with Crippen LogP contribution in [0.25, 0.3) is 0 Å². The van der Waals surface area contributed by atoms with Gasteiger partial charge in [0.05, 0.1) is 13.7 Å². The number of terminal acetylenes is 1. The maximum atomic E-state index is 5.36. The zero-order chi connectivity index (χ0) is 16.2. The van der Waals surface area contributed by atoms with Gasteiger partial charge in [-0.25, -0.2) is 0 Å². The predicted octanol–water partition coefficient (Wildman–Crippen LogP) is 2.61. The summed E-state index contributed by atoms with van der Waals surface area (Å²) in [4.78, 5) is 5.73. The van der Waals surface area contributed by atoms with E-state index in [4.69, 9.17) is 11.2 Å². The Hall–Kier alpha value is -1.80. The van der Waals surface area contributed by atoms with Crippen LogP contribution >= 0.6 is 11.8 Å². The number of nitrogens with one attached hydrogen (secondary N) is 2. The Morgan fingerprint density at radius 2 is 2.18 bits per heavy atom. The van der Waals surface area contributed by atoms with Crippen LogP contribution in [0, 0.1) is 18.3 Å². The van der Waals surface area contributed by atoms with E-state index in [1.54, 1.807) is 18.9 Å². The molecule has 1 atom stereocenters. The first kappa shape index (κ1) is 18.2. The van der Waals surface area contributed by atoms with Crippen molar-refractivity contribution in [2.45, 2.75) is 18.7 Å². The molecule has 1 unspecified atom stereocenters. The van der Waals surface area contributed by atoms with Crippen molar-refractivity contribution in [2.24, 2.45) is 10.9 Å². The van der Waals surface area contributed by atoms with Crippen molar-refractivity contribution in [1.82, 2.24) is 10.6 Å². The summed E-state index contributed by atoms with van der Waals surface area (Å²) >= 11 is 1.80. The van der Waals surface area contributed by atoms with Crippen LogP contribution in [-0.4, -0.2) is 38.5 Å². The molecule has 4 nitrogen and oxygen atoms in total. The summed E-state index contributed by atoms with van der Waals surface area (Å²) in [5.74, 6) is 5.69. The molecule has 1 aromatic carbocycles. The number of thioether (sulfide) groups is 1. The van der Waals surface area contributed by atoms with Gasteiger partial charge in [0, 0.05) is 23.7 Å². The molecule has 120 valence electrons. The third-order valence-electron chi connectivity index (χ3n) is 2.86. The monoisotopic (exact) mass is 319 g/mol. The lowest BCUT2D eigenvalue weighted by atomic mass is 10.2. The van der Waals surface area contributed by atoms with Gasteiger partial charge in [-0.15, -0.1) is 18.2 Å². The summed E-state index contributed by atoms with van der Waals surface area (Å²) in [6, 6.07) is 8.08. The highest BCUT2D eigenvalue weighted by Gasteiger charge is 2.07. The first-order chi connectivity index (χ1) is 10.7. The predicted molar refractivity (Wildman–Crippen MR) is 95.7 cm³/mol. The number of hydrogen-bond acceptors (Lipinski definition) is 3. The van der Waals surface area contributed by atoms with Crippen LogP contribution < -0.4 is 15.4 Å². The Bertz CT molecular complexity index is 511. The minimum Gasteiger partial charge on any atom is -0.496 e. The molecular formula is C17H25N3OS. The number of hydrogen-bond donors (Lipinski definition) is 2. The fraction of sp³-hybridized carbons (Fsp3) is 0.471. The molecule has 0 saturated heterocycles. The van der Waals surface area contributed by atoms with E-state index in [0.717, 1.165) is 35.4 Å². The van der Waals surface area contributed by atoms with Gasteiger partial charge in [0.15, 0.2) is 5.96 Å². The molecule has 0 aromatic heterocycles. The van der Waals surface area contributed by atoms with E-state index in [-0.39, 0.29) is 0 Å². The second kappa shape index (κ2) is 10.9. The minimum atomic E-state index is 0.455. The number of ether oxygens (including phenoxy) is 1. The molecule has 0 radical (unpaired) electrons. The zero-order valence-electron chi connectivity index (χ0n) is 13.6.